The van der Waals surface area contributed by atoms with Gasteiger partial charge in [0.15, 0.2) is 11.6 Å². The van der Waals surface area contributed by atoms with E-state index in [4.69, 9.17) is 11.5 Å². The Hall–Kier alpha value is -2.36. The average molecular weight is 351 g/mol. The minimum absolute atomic E-state index is 0.131. The summed E-state index contributed by atoms with van der Waals surface area (Å²) in [6, 6.07) is 2.22. The molecule has 24 heavy (non-hydrogen) atoms. The highest BCUT2D eigenvalue weighted by atomic mass is 19.4. The molecule has 0 spiro atoms. The molecule has 0 unspecified atom stereocenters. The van der Waals surface area contributed by atoms with Crippen molar-refractivity contribution in [3.63, 3.8) is 0 Å². The number of hydrogen-bond donors (Lipinski definition) is 3. The Bertz CT molecular complexity index is 587. The van der Waals surface area contributed by atoms with Crippen LogP contribution in [-0.4, -0.2) is 31.3 Å². The maximum atomic E-state index is 12.8. The zero-order chi connectivity index (χ0) is 18.3. The molecule has 2 amide bonds. The summed E-state index contributed by atoms with van der Waals surface area (Å²) < 4.78 is 51.4. The van der Waals surface area contributed by atoms with Crippen LogP contribution >= 0.6 is 0 Å². The minimum atomic E-state index is -5.02. The fraction of sp³-hybridized carbons (Fsp3) is 0.429. The molecule has 6 nitrogen and oxygen atoms in total. The third-order valence-corrected chi connectivity index (χ3v) is 3.18. The number of halogens is 4. The van der Waals surface area contributed by atoms with Crippen molar-refractivity contribution in [1.29, 1.82) is 0 Å². The second kappa shape index (κ2) is 8.48. The van der Waals surface area contributed by atoms with Gasteiger partial charge < -0.3 is 21.5 Å². The molecule has 1 aromatic rings. The predicted octanol–water partition coefficient (Wildman–Crippen LogP) is 1.29. The van der Waals surface area contributed by atoms with Gasteiger partial charge in [-0.05, 0) is 44.1 Å². The number of nitrogens with two attached hydrogens (primary N) is 2. The van der Waals surface area contributed by atoms with Crippen LogP contribution in [0.5, 0.6) is 5.75 Å². The number of alkyl halides is 3. The number of amides is 2. The number of carbonyl (C=O) groups is 2. The van der Waals surface area contributed by atoms with Gasteiger partial charge in [0.1, 0.15) is 0 Å². The lowest BCUT2D eigenvalue weighted by molar-refractivity contribution is -0.275. The number of carbonyl (C=O) groups excluding carboxylic acids is 2. The van der Waals surface area contributed by atoms with Crippen molar-refractivity contribution in [2.24, 2.45) is 17.4 Å². The Morgan fingerprint density at radius 2 is 1.75 bits per heavy atom. The zero-order valence-corrected chi connectivity index (χ0v) is 12.5. The van der Waals surface area contributed by atoms with E-state index < -0.39 is 23.8 Å². The van der Waals surface area contributed by atoms with Crippen molar-refractivity contribution >= 4 is 11.8 Å². The molecule has 0 aromatic heterocycles. The van der Waals surface area contributed by atoms with Gasteiger partial charge in [0.05, 0.1) is 0 Å². The zero-order valence-electron chi connectivity index (χ0n) is 12.5. The number of primary amides is 2. The molecule has 0 bridgehead atoms. The third kappa shape index (κ3) is 6.82. The van der Waals surface area contributed by atoms with E-state index in [1.54, 1.807) is 0 Å². The van der Waals surface area contributed by atoms with Crippen LogP contribution in [0.1, 0.15) is 23.2 Å². The Morgan fingerprint density at radius 3 is 2.17 bits per heavy atom. The van der Waals surface area contributed by atoms with E-state index in [1.807, 2.05) is 0 Å². The first kappa shape index (κ1) is 19.7. The van der Waals surface area contributed by atoms with Crippen molar-refractivity contribution in [1.82, 2.24) is 5.32 Å². The van der Waals surface area contributed by atoms with Crippen LogP contribution in [0.2, 0.25) is 0 Å². The molecule has 10 heteroatoms. The first-order chi connectivity index (χ1) is 11.1. The maximum Gasteiger partial charge on any atom is 0.573 e. The lowest BCUT2D eigenvalue weighted by atomic mass is 9.98. The molecule has 0 saturated carbocycles. The molecule has 0 radical (unpaired) electrons. The predicted molar refractivity (Wildman–Crippen MR) is 76.4 cm³/mol. The fourth-order valence-electron chi connectivity index (χ4n) is 1.97. The van der Waals surface area contributed by atoms with Crippen molar-refractivity contribution in [2.75, 3.05) is 13.1 Å². The van der Waals surface area contributed by atoms with E-state index in [9.17, 15) is 27.2 Å². The van der Waals surface area contributed by atoms with E-state index in [1.165, 1.54) is 0 Å². The summed E-state index contributed by atoms with van der Waals surface area (Å²) in [5.41, 5.74) is 9.63. The number of rotatable bonds is 3. The van der Waals surface area contributed by atoms with Crippen molar-refractivity contribution in [2.45, 2.75) is 19.2 Å². The quantitative estimate of drug-likeness (QED) is 0.713. The Balaban J connectivity index is 0.000000272. The lowest BCUT2D eigenvalue weighted by Crippen LogP contribution is -2.34. The molecule has 1 aromatic carbocycles. The molecular weight excluding hydrogens is 334 g/mol. The molecule has 1 aliphatic heterocycles. The van der Waals surface area contributed by atoms with Gasteiger partial charge in [-0.15, -0.1) is 13.2 Å². The van der Waals surface area contributed by atoms with E-state index in [2.05, 4.69) is 10.1 Å². The standard InChI is InChI=1S/C8H5F4NO2.C6H12N2O/c9-5-2-1-4(7(13)14)3-6(5)15-8(10,11)12;7-6(9)5-1-3-8-4-2-5/h1-3H,(H2,13,14);5,8H,1-4H2,(H2,7,9). The molecule has 0 aliphatic carbocycles. The van der Waals surface area contributed by atoms with Crippen molar-refractivity contribution in [3.8, 4) is 5.75 Å². The Morgan fingerprint density at radius 1 is 1.17 bits per heavy atom. The average Bonchev–Trinajstić information content (AvgIpc) is 2.49. The van der Waals surface area contributed by atoms with Crippen molar-refractivity contribution in [3.05, 3.63) is 29.6 Å². The first-order valence-electron chi connectivity index (χ1n) is 6.95. The summed E-state index contributed by atoms with van der Waals surface area (Å²) in [6.07, 6.45) is -3.19. The van der Waals surface area contributed by atoms with Crippen LogP contribution in [-0.2, 0) is 4.79 Å². The molecule has 5 N–H and O–H groups in total. The number of benzene rings is 1. The van der Waals surface area contributed by atoms with Gasteiger partial charge in [0.2, 0.25) is 11.8 Å². The second-order valence-corrected chi connectivity index (χ2v) is 4.98. The summed E-state index contributed by atoms with van der Waals surface area (Å²) in [5, 5.41) is 3.16. The first-order valence-corrected chi connectivity index (χ1v) is 6.95. The van der Waals surface area contributed by atoms with Gasteiger partial charge >= 0.3 is 6.36 Å². The summed E-state index contributed by atoms with van der Waals surface area (Å²) in [4.78, 5) is 21.1. The third-order valence-electron chi connectivity index (χ3n) is 3.18. The molecule has 1 fully saturated rings. The highest BCUT2D eigenvalue weighted by Gasteiger charge is 2.32. The largest absolute Gasteiger partial charge is 0.573 e. The second-order valence-electron chi connectivity index (χ2n) is 4.98. The topological polar surface area (TPSA) is 107 Å². The van der Waals surface area contributed by atoms with E-state index in [0.29, 0.717) is 12.1 Å². The van der Waals surface area contributed by atoms with Crippen LogP contribution in [0.3, 0.4) is 0 Å². The van der Waals surface area contributed by atoms with Crippen molar-refractivity contribution < 1.29 is 31.9 Å². The lowest BCUT2D eigenvalue weighted by Gasteiger charge is -2.18. The number of hydrogen-bond acceptors (Lipinski definition) is 4. The molecule has 2 rings (SSSR count). The van der Waals surface area contributed by atoms with Gasteiger partial charge in [0, 0.05) is 11.5 Å². The minimum Gasteiger partial charge on any atom is -0.403 e. The summed E-state index contributed by atoms with van der Waals surface area (Å²) in [5.74, 6) is -3.29. The van der Waals surface area contributed by atoms with Crippen LogP contribution < -0.4 is 21.5 Å². The fourth-order valence-corrected chi connectivity index (χ4v) is 1.97. The normalized spacial score (nSPS) is 15.2. The Kier molecular flexibility index (Phi) is 6.96. The van der Waals surface area contributed by atoms with Crippen LogP contribution in [0.4, 0.5) is 17.6 Å². The van der Waals surface area contributed by atoms with Crippen LogP contribution in [0.25, 0.3) is 0 Å². The van der Waals surface area contributed by atoms with Crippen LogP contribution in [0, 0.1) is 11.7 Å². The molecular formula is C14H17F4N3O3. The van der Waals surface area contributed by atoms with E-state index in [0.717, 1.165) is 32.0 Å². The molecule has 1 aliphatic rings. The van der Waals surface area contributed by atoms with Gasteiger partial charge in [-0.2, -0.15) is 0 Å². The van der Waals surface area contributed by atoms with Gasteiger partial charge in [0.25, 0.3) is 0 Å². The summed E-state index contributed by atoms with van der Waals surface area (Å²) >= 11 is 0. The van der Waals surface area contributed by atoms with Gasteiger partial charge in [-0.1, -0.05) is 0 Å². The highest BCUT2D eigenvalue weighted by Crippen LogP contribution is 2.26. The summed E-state index contributed by atoms with van der Waals surface area (Å²) in [6.45, 7) is 1.88. The summed E-state index contributed by atoms with van der Waals surface area (Å²) in [7, 11) is 0. The molecule has 1 heterocycles. The molecule has 0 atom stereocenters. The number of nitrogens with one attached hydrogen (secondary N) is 1. The maximum absolute atomic E-state index is 12.8. The van der Waals surface area contributed by atoms with Gasteiger partial charge in [-0.25, -0.2) is 4.39 Å². The smallest absolute Gasteiger partial charge is 0.403 e. The highest BCUT2D eigenvalue weighted by molar-refractivity contribution is 5.93. The number of piperidine rings is 1. The molecule has 134 valence electrons. The molecule has 1 saturated heterocycles. The van der Waals surface area contributed by atoms with E-state index >= 15 is 0 Å². The Labute approximate surface area is 135 Å². The van der Waals surface area contributed by atoms with Crippen LogP contribution in [0.15, 0.2) is 18.2 Å². The number of ether oxygens (including phenoxy) is 1. The van der Waals surface area contributed by atoms with E-state index in [-0.39, 0.29) is 17.4 Å². The van der Waals surface area contributed by atoms with Gasteiger partial charge in [-0.3, -0.25) is 9.59 Å². The monoisotopic (exact) mass is 351 g/mol. The SMILES string of the molecule is NC(=O)C1CCNCC1.NC(=O)c1ccc(F)c(OC(F)(F)F)c1.